The number of nitrogens with zero attached hydrogens (tertiary/aromatic N) is 2. The van der Waals surface area contributed by atoms with E-state index in [4.69, 9.17) is 0 Å². The fourth-order valence-electron chi connectivity index (χ4n) is 4.71. The highest BCUT2D eigenvalue weighted by atomic mass is 35.5. The van der Waals surface area contributed by atoms with Gasteiger partial charge in [0.25, 0.3) is 5.91 Å². The number of carbonyl (C=O) groups excluding carboxylic acids is 3. The van der Waals surface area contributed by atoms with Gasteiger partial charge >= 0.3 is 12.1 Å². The molecule has 0 saturated carbocycles. The van der Waals surface area contributed by atoms with Crippen molar-refractivity contribution in [1.29, 1.82) is 0 Å². The molecule has 0 unspecified atom stereocenters. The third kappa shape index (κ3) is 10.1. The lowest BCUT2D eigenvalue weighted by Crippen LogP contribution is -2.30. The molecular weight excluding hydrogens is 629 g/mol. The maximum Gasteiger partial charge on any atom is 0.323 e. The summed E-state index contributed by atoms with van der Waals surface area (Å²) in [6, 6.07) is 18.5. The van der Waals surface area contributed by atoms with E-state index in [1.165, 1.54) is 0 Å². The van der Waals surface area contributed by atoms with Gasteiger partial charge in [0.05, 0.1) is 0 Å². The van der Waals surface area contributed by atoms with Crippen LogP contribution in [0.3, 0.4) is 0 Å². The zero-order valence-corrected chi connectivity index (χ0v) is 27.1. The maximum atomic E-state index is 12.9. The van der Waals surface area contributed by atoms with Crippen LogP contribution in [0.15, 0.2) is 76.7 Å². The Bertz CT molecular complexity index is 1460. The highest BCUT2D eigenvalue weighted by Crippen LogP contribution is 2.21. The molecule has 0 fully saturated rings. The summed E-state index contributed by atoms with van der Waals surface area (Å²) in [7, 11) is 0. The van der Waals surface area contributed by atoms with Crippen molar-refractivity contribution < 1.29 is 14.4 Å². The molecule has 3 aromatic rings. The molecule has 0 spiro atoms. The van der Waals surface area contributed by atoms with E-state index in [-0.39, 0.29) is 30.7 Å². The minimum atomic E-state index is -0.496. The smallest absolute Gasteiger partial charge is 0.323 e. The Morgan fingerprint density at radius 1 is 0.652 bits per heavy atom. The summed E-state index contributed by atoms with van der Waals surface area (Å²) in [5.74, 6) is 1.38. The standard InChI is InChI=1S/C32H37N9O3.2ClH/c1-2-13-37-30(42)23-18-26(40-31(43)38-24-9-5-21(6-10-24)28-33-14-3-15-34-28)20-27(19-23)41-32(44)39-25-11-7-22(8-12-25)29-35-16-4-17-36-29;;/h5-12,18-20H,2-4,13-17H2,1H3,(H,33,34)(H,35,36)(H,37,42)(H2,38,40,43)(H2,39,41,44);2*1H. The first-order chi connectivity index (χ1) is 21.5. The quantitative estimate of drug-likeness (QED) is 0.162. The van der Waals surface area contributed by atoms with Gasteiger partial charge in [-0.2, -0.15) is 0 Å². The lowest BCUT2D eigenvalue weighted by atomic mass is 10.1. The summed E-state index contributed by atoms with van der Waals surface area (Å²) in [4.78, 5) is 47.5. The first-order valence-electron chi connectivity index (χ1n) is 14.8. The SMILES string of the molecule is CCCNC(=O)c1cc(NC(=O)Nc2ccc(C3=NCCCN3)cc2)cc(NC(=O)Nc2ccc(C3=NCCCN3)cc2)c1.Cl.Cl. The van der Waals surface area contributed by atoms with Crippen molar-refractivity contribution in [3.63, 3.8) is 0 Å². The van der Waals surface area contributed by atoms with Gasteiger partial charge in [-0.15, -0.1) is 24.8 Å². The Labute approximate surface area is 280 Å². The van der Waals surface area contributed by atoms with Crippen molar-refractivity contribution in [2.24, 2.45) is 9.98 Å². The van der Waals surface area contributed by atoms with E-state index in [1.807, 2.05) is 31.2 Å². The minimum Gasteiger partial charge on any atom is -0.370 e. The van der Waals surface area contributed by atoms with Crippen molar-refractivity contribution in [3.05, 3.63) is 83.4 Å². The summed E-state index contributed by atoms with van der Waals surface area (Å²) in [6.45, 7) is 5.81. The molecule has 0 saturated heterocycles. The number of benzene rings is 3. The Hall–Kier alpha value is -4.81. The number of rotatable bonds is 9. The predicted octanol–water partition coefficient (Wildman–Crippen LogP) is 5.44. The van der Waals surface area contributed by atoms with Crippen molar-refractivity contribution in [1.82, 2.24) is 16.0 Å². The number of hydrogen-bond donors (Lipinski definition) is 7. The van der Waals surface area contributed by atoms with Gasteiger partial charge in [-0.1, -0.05) is 6.92 Å². The molecule has 12 nitrogen and oxygen atoms in total. The van der Waals surface area contributed by atoms with Gasteiger partial charge < -0.3 is 37.2 Å². The molecule has 46 heavy (non-hydrogen) atoms. The number of aliphatic imine (C=N–C) groups is 2. The summed E-state index contributed by atoms with van der Waals surface area (Å²) < 4.78 is 0. The first kappa shape index (κ1) is 35.7. The largest absolute Gasteiger partial charge is 0.370 e. The maximum absolute atomic E-state index is 12.9. The molecule has 2 heterocycles. The van der Waals surface area contributed by atoms with Crippen LogP contribution in [0.1, 0.15) is 47.7 Å². The average molecular weight is 669 g/mol. The van der Waals surface area contributed by atoms with Gasteiger partial charge in [0.15, 0.2) is 0 Å². The molecular formula is C32H39Cl2N9O3. The molecule has 2 aliphatic rings. The highest BCUT2D eigenvalue weighted by molar-refractivity contribution is 6.05. The normalized spacial score (nSPS) is 13.5. The third-order valence-corrected chi connectivity index (χ3v) is 6.87. The number of amides is 5. The zero-order chi connectivity index (χ0) is 30.7. The lowest BCUT2D eigenvalue weighted by molar-refractivity contribution is 0.0953. The van der Waals surface area contributed by atoms with Crippen LogP contribution in [-0.4, -0.2) is 62.4 Å². The first-order valence-corrected chi connectivity index (χ1v) is 14.8. The molecule has 14 heteroatoms. The molecule has 3 aromatic carbocycles. The average Bonchev–Trinajstić information content (AvgIpc) is 3.05. The Morgan fingerprint density at radius 3 is 1.48 bits per heavy atom. The monoisotopic (exact) mass is 667 g/mol. The Morgan fingerprint density at radius 2 is 1.09 bits per heavy atom. The van der Waals surface area contributed by atoms with Crippen LogP contribution in [0.5, 0.6) is 0 Å². The summed E-state index contributed by atoms with van der Waals surface area (Å²) >= 11 is 0. The Balaban J connectivity index is 0.00000288. The topological polar surface area (TPSA) is 160 Å². The predicted molar refractivity (Wildman–Crippen MR) is 190 cm³/mol. The lowest BCUT2D eigenvalue weighted by Gasteiger charge is -2.16. The molecule has 5 rings (SSSR count). The second-order valence-corrected chi connectivity index (χ2v) is 10.4. The molecule has 0 aromatic heterocycles. The number of hydrogen-bond acceptors (Lipinski definition) is 7. The van der Waals surface area contributed by atoms with Crippen LogP contribution in [0.25, 0.3) is 0 Å². The second-order valence-electron chi connectivity index (χ2n) is 10.4. The van der Waals surface area contributed by atoms with E-state index < -0.39 is 12.1 Å². The molecule has 0 atom stereocenters. The van der Waals surface area contributed by atoms with E-state index in [9.17, 15) is 14.4 Å². The fourth-order valence-corrected chi connectivity index (χ4v) is 4.71. The summed E-state index contributed by atoms with van der Waals surface area (Å²) in [6.07, 6.45) is 2.79. The van der Waals surface area contributed by atoms with Gasteiger partial charge in [0, 0.05) is 72.2 Å². The number of nitrogens with one attached hydrogen (secondary N) is 7. The van der Waals surface area contributed by atoms with Crippen LogP contribution in [0.2, 0.25) is 0 Å². The fraction of sp³-hybridized carbons (Fsp3) is 0.281. The number of urea groups is 2. The van der Waals surface area contributed by atoms with E-state index in [0.717, 1.165) is 68.2 Å². The zero-order valence-electron chi connectivity index (χ0n) is 25.4. The number of anilines is 4. The third-order valence-electron chi connectivity index (χ3n) is 6.87. The number of carbonyl (C=O) groups is 3. The van der Waals surface area contributed by atoms with Crippen molar-refractivity contribution in [2.45, 2.75) is 26.2 Å². The highest BCUT2D eigenvalue weighted by Gasteiger charge is 2.14. The van der Waals surface area contributed by atoms with E-state index in [2.05, 4.69) is 47.2 Å². The van der Waals surface area contributed by atoms with Crippen molar-refractivity contribution in [2.75, 3.05) is 54.0 Å². The molecule has 0 aliphatic carbocycles. The summed E-state index contributed by atoms with van der Waals surface area (Å²) in [5, 5.41) is 20.5. The van der Waals surface area contributed by atoms with Crippen LogP contribution in [0, 0.1) is 0 Å². The van der Waals surface area contributed by atoms with Gasteiger partial charge in [-0.25, -0.2) is 9.59 Å². The molecule has 0 radical (unpaired) electrons. The van der Waals surface area contributed by atoms with Gasteiger partial charge in [0.1, 0.15) is 11.7 Å². The Kier molecular flexibility index (Phi) is 13.7. The van der Waals surface area contributed by atoms with Gasteiger partial charge in [-0.3, -0.25) is 14.8 Å². The van der Waals surface area contributed by atoms with Crippen molar-refractivity contribution >= 4 is 77.2 Å². The summed E-state index contributed by atoms with van der Waals surface area (Å²) in [5.41, 5.74) is 4.05. The molecule has 7 N–H and O–H groups in total. The second kappa shape index (κ2) is 17.6. The van der Waals surface area contributed by atoms with Crippen LogP contribution in [0.4, 0.5) is 32.3 Å². The molecule has 244 valence electrons. The van der Waals surface area contributed by atoms with E-state index >= 15 is 0 Å². The molecule has 5 amide bonds. The number of amidine groups is 2. The van der Waals surface area contributed by atoms with Crippen LogP contribution < -0.4 is 37.2 Å². The minimum absolute atomic E-state index is 0. The van der Waals surface area contributed by atoms with Crippen LogP contribution in [-0.2, 0) is 0 Å². The van der Waals surface area contributed by atoms with Crippen LogP contribution >= 0.6 is 24.8 Å². The van der Waals surface area contributed by atoms with E-state index in [1.54, 1.807) is 42.5 Å². The van der Waals surface area contributed by atoms with Crippen molar-refractivity contribution in [3.8, 4) is 0 Å². The molecule has 0 bridgehead atoms. The molecule has 2 aliphatic heterocycles. The van der Waals surface area contributed by atoms with Gasteiger partial charge in [-0.05, 0) is 86.0 Å². The van der Waals surface area contributed by atoms with Gasteiger partial charge in [0.2, 0.25) is 0 Å². The number of halogens is 2. The van der Waals surface area contributed by atoms with E-state index in [0.29, 0.717) is 34.9 Å².